The number of nitriles is 1. The molecule has 1 heterocycles. The molecule has 7 heteroatoms. The fourth-order valence-electron chi connectivity index (χ4n) is 2.37. The van der Waals surface area contributed by atoms with Crippen molar-refractivity contribution in [2.45, 2.75) is 32.4 Å². The lowest BCUT2D eigenvalue weighted by molar-refractivity contribution is -0.115. The lowest BCUT2D eigenvalue weighted by Crippen LogP contribution is -2.34. The first-order valence-electron chi connectivity index (χ1n) is 8.35. The van der Waals surface area contributed by atoms with E-state index >= 15 is 0 Å². The molecule has 1 aromatic carbocycles. The van der Waals surface area contributed by atoms with Crippen molar-refractivity contribution in [2.75, 3.05) is 5.32 Å². The summed E-state index contributed by atoms with van der Waals surface area (Å²) in [5, 5.41) is 15.3. The van der Waals surface area contributed by atoms with Crippen LogP contribution in [0, 0.1) is 11.3 Å². The Morgan fingerprint density at radius 3 is 2.73 bits per heavy atom. The van der Waals surface area contributed by atoms with Gasteiger partial charge < -0.3 is 10.6 Å². The van der Waals surface area contributed by atoms with Gasteiger partial charge in [0.2, 0.25) is 0 Å². The highest BCUT2D eigenvalue weighted by Gasteiger charge is 2.25. The van der Waals surface area contributed by atoms with Crippen molar-refractivity contribution < 1.29 is 4.79 Å². The SMILES string of the molecule is CCn1c(=O)c(=C=CNc2ccccc2)s/c1=C(/C#N)C(=O)NC1CC1. The first-order valence-corrected chi connectivity index (χ1v) is 9.17. The fourth-order valence-corrected chi connectivity index (χ4v) is 3.45. The first-order chi connectivity index (χ1) is 12.6. The molecule has 2 aromatic rings. The normalized spacial score (nSPS) is 14.0. The third-order valence-electron chi connectivity index (χ3n) is 3.88. The Balaban J connectivity index is 2.05. The summed E-state index contributed by atoms with van der Waals surface area (Å²) in [6.45, 7) is 2.18. The summed E-state index contributed by atoms with van der Waals surface area (Å²) in [5.41, 5.74) is 3.52. The van der Waals surface area contributed by atoms with Crippen LogP contribution in [-0.2, 0) is 11.3 Å². The maximum atomic E-state index is 12.5. The van der Waals surface area contributed by atoms with Gasteiger partial charge >= 0.3 is 0 Å². The molecular weight excluding hydrogens is 348 g/mol. The summed E-state index contributed by atoms with van der Waals surface area (Å²) in [4.78, 5) is 24.8. The van der Waals surface area contributed by atoms with Crippen LogP contribution in [0.2, 0.25) is 0 Å². The van der Waals surface area contributed by atoms with E-state index in [1.54, 1.807) is 13.1 Å². The lowest BCUT2D eigenvalue weighted by atomic mass is 10.3. The molecule has 1 aromatic heterocycles. The number of nitrogens with one attached hydrogen (secondary N) is 2. The second kappa shape index (κ2) is 7.87. The van der Waals surface area contributed by atoms with Crippen molar-refractivity contribution in [3.05, 3.63) is 56.1 Å². The van der Waals surface area contributed by atoms with Gasteiger partial charge in [0.15, 0.2) is 5.57 Å². The zero-order valence-electron chi connectivity index (χ0n) is 14.3. The molecule has 0 spiro atoms. The molecule has 1 aliphatic rings. The highest BCUT2D eigenvalue weighted by atomic mass is 32.1. The number of carbonyl (C=O) groups excluding carboxylic acids is 1. The molecule has 1 saturated carbocycles. The highest BCUT2D eigenvalue weighted by molar-refractivity contribution is 7.07. The van der Waals surface area contributed by atoms with Crippen LogP contribution >= 0.6 is 11.3 Å². The van der Waals surface area contributed by atoms with Crippen LogP contribution in [-0.4, -0.2) is 16.5 Å². The average Bonchev–Trinajstić information content (AvgIpc) is 3.40. The van der Waals surface area contributed by atoms with Crippen LogP contribution in [0.3, 0.4) is 0 Å². The Morgan fingerprint density at radius 2 is 2.12 bits per heavy atom. The maximum Gasteiger partial charge on any atom is 0.277 e. The molecule has 132 valence electrons. The molecule has 1 amide bonds. The van der Waals surface area contributed by atoms with Crippen molar-refractivity contribution in [3.8, 4) is 6.07 Å². The molecule has 1 aliphatic carbocycles. The number of amides is 1. The van der Waals surface area contributed by atoms with Crippen LogP contribution < -0.4 is 25.4 Å². The second-order valence-corrected chi connectivity index (χ2v) is 6.82. The number of aromatic nitrogens is 1. The van der Waals surface area contributed by atoms with Crippen LogP contribution in [0.25, 0.3) is 11.3 Å². The molecule has 26 heavy (non-hydrogen) atoms. The minimum absolute atomic E-state index is 0.0232. The molecule has 1 fully saturated rings. The van der Waals surface area contributed by atoms with E-state index in [-0.39, 0.29) is 17.2 Å². The van der Waals surface area contributed by atoms with E-state index in [2.05, 4.69) is 16.4 Å². The number of para-hydroxylation sites is 1. The second-order valence-electron chi connectivity index (χ2n) is 5.82. The molecule has 0 atom stereocenters. The van der Waals surface area contributed by atoms with Gasteiger partial charge in [-0.25, -0.2) is 0 Å². The molecule has 0 saturated heterocycles. The Labute approximate surface area is 154 Å². The number of thiazole rings is 1. The van der Waals surface area contributed by atoms with Gasteiger partial charge in [-0.1, -0.05) is 23.9 Å². The molecule has 0 bridgehead atoms. The molecule has 0 unspecified atom stereocenters. The molecule has 2 N–H and O–H groups in total. The van der Waals surface area contributed by atoms with Crippen LogP contribution in [0.4, 0.5) is 5.69 Å². The zero-order chi connectivity index (χ0) is 18.5. The van der Waals surface area contributed by atoms with Gasteiger partial charge in [-0.2, -0.15) is 5.26 Å². The summed E-state index contributed by atoms with van der Waals surface area (Å²) >= 11 is 1.10. The van der Waals surface area contributed by atoms with E-state index in [0.29, 0.717) is 15.7 Å². The van der Waals surface area contributed by atoms with Crippen molar-refractivity contribution in [2.24, 2.45) is 0 Å². The number of hydrogen-bond donors (Lipinski definition) is 2. The van der Waals surface area contributed by atoms with E-state index in [4.69, 9.17) is 0 Å². The van der Waals surface area contributed by atoms with Crippen molar-refractivity contribution in [3.63, 3.8) is 0 Å². The summed E-state index contributed by atoms with van der Waals surface area (Å²) in [7, 11) is 0. The number of hydrogen-bond acceptors (Lipinski definition) is 5. The van der Waals surface area contributed by atoms with Gasteiger partial charge in [0, 0.05) is 24.5 Å². The first kappa shape index (κ1) is 17.7. The number of anilines is 1. The van der Waals surface area contributed by atoms with Crippen LogP contribution in [0.5, 0.6) is 0 Å². The van der Waals surface area contributed by atoms with Crippen LogP contribution in [0.15, 0.2) is 41.3 Å². The fraction of sp³-hybridized carbons (Fsp3) is 0.263. The summed E-state index contributed by atoms with van der Waals surface area (Å²) in [5.74, 6) is -0.420. The van der Waals surface area contributed by atoms with E-state index in [0.717, 1.165) is 29.9 Å². The number of nitrogens with zero attached hydrogens (tertiary/aromatic N) is 2. The summed E-state index contributed by atoms with van der Waals surface area (Å²) in [6.07, 6.45) is 3.42. The molecular formula is C19H18N4O2S. The minimum atomic E-state index is -0.420. The number of carbonyl (C=O) groups is 1. The largest absolute Gasteiger partial charge is 0.355 e. The topological polar surface area (TPSA) is 86.9 Å². The Morgan fingerprint density at radius 1 is 1.38 bits per heavy atom. The van der Waals surface area contributed by atoms with Crippen LogP contribution in [0.1, 0.15) is 19.8 Å². The predicted octanol–water partition coefficient (Wildman–Crippen LogP) is 0.888. The molecule has 6 nitrogen and oxygen atoms in total. The standard InChI is InChI=1S/C19H18N4O2S/c1-2-23-18(25)16(10-11-21-13-6-4-3-5-7-13)26-19(23)15(12-20)17(24)22-14-8-9-14/h3-7,11,14,21H,2,8-9H2,1H3,(H,22,24)/b19-15-. The zero-order valence-corrected chi connectivity index (χ0v) is 15.1. The molecule has 3 rings (SSSR count). The summed E-state index contributed by atoms with van der Waals surface area (Å²) in [6, 6.07) is 11.6. The van der Waals surface area contributed by atoms with Gasteiger partial charge in [0.25, 0.3) is 11.5 Å². The maximum absolute atomic E-state index is 12.5. The molecule has 0 aliphatic heterocycles. The van der Waals surface area contributed by atoms with Crippen molar-refractivity contribution >= 4 is 34.2 Å². The van der Waals surface area contributed by atoms with Gasteiger partial charge in [-0.3, -0.25) is 14.2 Å². The van der Waals surface area contributed by atoms with Gasteiger partial charge in [-0.05, 0) is 31.9 Å². The van der Waals surface area contributed by atoms with Gasteiger partial charge in [-0.15, -0.1) is 11.3 Å². The number of rotatable bonds is 5. The highest BCUT2D eigenvalue weighted by Crippen LogP contribution is 2.19. The van der Waals surface area contributed by atoms with E-state index in [9.17, 15) is 14.9 Å². The third-order valence-corrected chi connectivity index (χ3v) is 5.00. The smallest absolute Gasteiger partial charge is 0.277 e. The van der Waals surface area contributed by atoms with Gasteiger partial charge in [0.1, 0.15) is 15.3 Å². The quantitative estimate of drug-likeness (QED) is 0.823. The van der Waals surface area contributed by atoms with Gasteiger partial charge in [0.05, 0.1) is 0 Å². The average molecular weight is 366 g/mol. The van der Waals surface area contributed by atoms with E-state index < -0.39 is 5.91 Å². The Kier molecular flexibility index (Phi) is 5.37. The Hall–Kier alpha value is -3.07. The molecule has 0 radical (unpaired) electrons. The van der Waals surface area contributed by atoms with E-state index in [1.165, 1.54) is 4.57 Å². The lowest BCUT2D eigenvalue weighted by Gasteiger charge is -2.01. The Bertz CT molecular complexity index is 1070. The monoisotopic (exact) mass is 366 g/mol. The van der Waals surface area contributed by atoms with Crippen molar-refractivity contribution in [1.29, 1.82) is 5.26 Å². The minimum Gasteiger partial charge on any atom is -0.355 e. The van der Waals surface area contributed by atoms with Crippen molar-refractivity contribution in [1.82, 2.24) is 9.88 Å². The summed E-state index contributed by atoms with van der Waals surface area (Å²) < 4.78 is 2.15. The predicted molar refractivity (Wildman–Crippen MR) is 102 cm³/mol. The number of benzene rings is 1. The van der Waals surface area contributed by atoms with E-state index in [1.807, 2.05) is 36.4 Å². The third kappa shape index (κ3) is 3.94.